The monoisotopic (exact) mass is 381 g/mol. The van der Waals surface area contributed by atoms with Crippen LogP contribution in [0.4, 0.5) is 5.69 Å². The van der Waals surface area contributed by atoms with E-state index in [-0.39, 0.29) is 5.91 Å². The first kappa shape index (κ1) is 20.5. The number of hydrogen-bond acceptors (Lipinski definition) is 4. The number of likely N-dealkylation sites (N-methyl/N-ethyl adjacent to an activating group) is 1. The number of hydrogen-bond donors (Lipinski definition) is 1. The van der Waals surface area contributed by atoms with Crippen molar-refractivity contribution in [2.75, 3.05) is 45.2 Å². The highest BCUT2D eigenvalue weighted by Crippen LogP contribution is 2.14. The van der Waals surface area contributed by atoms with E-state index in [0.717, 1.165) is 45.1 Å². The van der Waals surface area contributed by atoms with Gasteiger partial charge in [0.1, 0.15) is 0 Å². The van der Waals surface area contributed by atoms with Gasteiger partial charge in [0.25, 0.3) is 0 Å². The van der Waals surface area contributed by atoms with Crippen LogP contribution in [0.3, 0.4) is 0 Å². The maximum atomic E-state index is 12.4. The van der Waals surface area contributed by atoms with Gasteiger partial charge in [0, 0.05) is 31.9 Å². The summed E-state index contributed by atoms with van der Waals surface area (Å²) in [5.41, 5.74) is 5.89. The maximum absolute atomic E-state index is 12.4. The van der Waals surface area contributed by atoms with E-state index in [1.807, 2.05) is 24.1 Å². The topological polar surface area (TPSA) is 44.8 Å². The van der Waals surface area contributed by atoms with E-state index < -0.39 is 0 Å². The van der Waals surface area contributed by atoms with Crippen molar-refractivity contribution in [3.8, 4) is 0 Å². The molecule has 5 nitrogen and oxygen atoms in total. The summed E-state index contributed by atoms with van der Waals surface area (Å²) < 4.78 is 5.39. The van der Waals surface area contributed by atoms with Crippen LogP contribution in [0.2, 0.25) is 0 Å². The number of rotatable bonds is 7. The molecule has 1 fully saturated rings. The number of aryl methyl sites for hydroxylation is 2. The van der Waals surface area contributed by atoms with Crippen molar-refractivity contribution in [2.24, 2.45) is 0 Å². The number of benzene rings is 2. The normalized spacial score (nSPS) is 15.0. The fourth-order valence-electron chi connectivity index (χ4n) is 3.53. The minimum absolute atomic E-state index is 0.00759. The van der Waals surface area contributed by atoms with Crippen molar-refractivity contribution in [3.63, 3.8) is 0 Å². The van der Waals surface area contributed by atoms with Crippen molar-refractivity contribution in [3.05, 3.63) is 64.7 Å². The maximum Gasteiger partial charge on any atom is 0.238 e. The van der Waals surface area contributed by atoms with Crippen LogP contribution in [0, 0.1) is 13.8 Å². The molecular weight excluding hydrogens is 350 g/mol. The Bertz CT molecular complexity index is 783. The van der Waals surface area contributed by atoms with Crippen LogP contribution in [0.1, 0.15) is 22.3 Å². The molecule has 0 bridgehead atoms. The zero-order chi connectivity index (χ0) is 19.9. The Morgan fingerprint density at radius 2 is 1.82 bits per heavy atom. The molecule has 0 atom stereocenters. The molecule has 0 radical (unpaired) electrons. The highest BCUT2D eigenvalue weighted by Gasteiger charge is 2.12. The lowest BCUT2D eigenvalue weighted by molar-refractivity contribution is -0.117. The summed E-state index contributed by atoms with van der Waals surface area (Å²) in [6.07, 6.45) is 0. The Hall–Kier alpha value is -2.21. The largest absolute Gasteiger partial charge is 0.379 e. The molecule has 3 rings (SSSR count). The van der Waals surface area contributed by atoms with Crippen LogP contribution >= 0.6 is 0 Å². The molecule has 1 saturated heterocycles. The third-order valence-electron chi connectivity index (χ3n) is 5.10. The third kappa shape index (κ3) is 6.16. The van der Waals surface area contributed by atoms with Gasteiger partial charge in [0.05, 0.1) is 19.8 Å². The van der Waals surface area contributed by atoms with Crippen LogP contribution in [0.25, 0.3) is 0 Å². The number of nitrogens with one attached hydrogen (secondary N) is 1. The van der Waals surface area contributed by atoms with Crippen molar-refractivity contribution < 1.29 is 9.53 Å². The highest BCUT2D eigenvalue weighted by atomic mass is 16.5. The van der Waals surface area contributed by atoms with Crippen LogP contribution in [-0.2, 0) is 22.6 Å². The molecule has 5 heteroatoms. The van der Waals surface area contributed by atoms with Gasteiger partial charge in [-0.05, 0) is 49.7 Å². The van der Waals surface area contributed by atoms with Gasteiger partial charge in [-0.25, -0.2) is 0 Å². The number of nitrogens with zero attached hydrogens (tertiary/aromatic N) is 2. The third-order valence-corrected chi connectivity index (χ3v) is 5.10. The van der Waals surface area contributed by atoms with E-state index in [1.54, 1.807) is 0 Å². The first-order valence-electron chi connectivity index (χ1n) is 9.93. The van der Waals surface area contributed by atoms with Gasteiger partial charge in [-0.1, -0.05) is 35.9 Å². The Morgan fingerprint density at radius 1 is 1.11 bits per heavy atom. The van der Waals surface area contributed by atoms with E-state index in [1.165, 1.54) is 22.3 Å². The lowest BCUT2D eigenvalue weighted by Crippen LogP contribution is -2.35. The molecule has 1 aliphatic heterocycles. The number of carbonyl (C=O) groups is 1. The van der Waals surface area contributed by atoms with Gasteiger partial charge in [0.2, 0.25) is 5.91 Å². The predicted octanol–water partition coefficient (Wildman–Crippen LogP) is 3.21. The summed E-state index contributed by atoms with van der Waals surface area (Å²) in [5.74, 6) is 0.00759. The zero-order valence-electron chi connectivity index (χ0n) is 17.2. The molecule has 2 aromatic rings. The number of carbonyl (C=O) groups excluding carboxylic acids is 1. The van der Waals surface area contributed by atoms with Crippen molar-refractivity contribution in [1.82, 2.24) is 9.80 Å². The summed E-state index contributed by atoms with van der Waals surface area (Å²) in [7, 11) is 1.98. The molecule has 150 valence electrons. The molecular formula is C23H31N3O2. The molecule has 1 amide bonds. The molecule has 0 aliphatic carbocycles. The average Bonchev–Trinajstić information content (AvgIpc) is 2.66. The van der Waals surface area contributed by atoms with E-state index in [4.69, 9.17) is 4.74 Å². The second-order valence-electron chi connectivity index (χ2n) is 7.74. The van der Waals surface area contributed by atoms with Gasteiger partial charge in [-0.3, -0.25) is 14.6 Å². The fraction of sp³-hybridized carbons (Fsp3) is 0.435. The van der Waals surface area contributed by atoms with Crippen molar-refractivity contribution in [1.29, 1.82) is 0 Å². The molecule has 28 heavy (non-hydrogen) atoms. The van der Waals surface area contributed by atoms with E-state index in [2.05, 4.69) is 54.4 Å². The Labute approximate surface area is 168 Å². The standard InChI is InChI=1S/C23H31N3O2/c1-18-4-7-21(19(2)14-18)16-25(3)17-23(27)24-22-8-5-20(6-9-22)15-26-10-12-28-13-11-26/h4-9,14H,10-13,15-17H2,1-3H3,(H,24,27). The Morgan fingerprint density at radius 3 is 2.50 bits per heavy atom. The molecule has 1 aliphatic rings. The van der Waals surface area contributed by atoms with Crippen LogP contribution < -0.4 is 5.32 Å². The fourth-order valence-corrected chi connectivity index (χ4v) is 3.53. The molecule has 0 saturated carbocycles. The van der Waals surface area contributed by atoms with E-state index >= 15 is 0 Å². The minimum atomic E-state index is 0.00759. The molecule has 0 spiro atoms. The van der Waals surface area contributed by atoms with Gasteiger partial charge >= 0.3 is 0 Å². The predicted molar refractivity (Wildman–Crippen MR) is 113 cm³/mol. The first-order valence-corrected chi connectivity index (χ1v) is 9.93. The smallest absolute Gasteiger partial charge is 0.238 e. The van der Waals surface area contributed by atoms with Crippen LogP contribution in [0.15, 0.2) is 42.5 Å². The van der Waals surface area contributed by atoms with Gasteiger partial charge < -0.3 is 10.1 Å². The van der Waals surface area contributed by atoms with Crippen LogP contribution in [0.5, 0.6) is 0 Å². The number of ether oxygens (including phenoxy) is 1. The lowest BCUT2D eigenvalue weighted by Gasteiger charge is -2.26. The summed E-state index contributed by atoms with van der Waals surface area (Å²) in [5, 5.41) is 3.00. The van der Waals surface area contributed by atoms with E-state index in [0.29, 0.717) is 6.54 Å². The number of anilines is 1. The van der Waals surface area contributed by atoms with Gasteiger partial charge in [-0.2, -0.15) is 0 Å². The molecule has 0 unspecified atom stereocenters. The summed E-state index contributed by atoms with van der Waals surface area (Å²) >= 11 is 0. The second kappa shape index (κ2) is 9.82. The van der Waals surface area contributed by atoms with Crippen molar-refractivity contribution >= 4 is 11.6 Å². The van der Waals surface area contributed by atoms with Crippen molar-refractivity contribution in [2.45, 2.75) is 26.9 Å². The SMILES string of the molecule is Cc1ccc(CN(C)CC(=O)Nc2ccc(CN3CCOCC3)cc2)c(C)c1. The number of morpholine rings is 1. The molecule has 1 N–H and O–H groups in total. The average molecular weight is 382 g/mol. The van der Waals surface area contributed by atoms with Gasteiger partial charge in [-0.15, -0.1) is 0 Å². The minimum Gasteiger partial charge on any atom is -0.379 e. The second-order valence-corrected chi connectivity index (χ2v) is 7.74. The van der Waals surface area contributed by atoms with E-state index in [9.17, 15) is 4.79 Å². The summed E-state index contributed by atoms with van der Waals surface area (Å²) in [6.45, 7) is 9.84. The lowest BCUT2D eigenvalue weighted by atomic mass is 10.1. The first-order chi connectivity index (χ1) is 13.5. The summed E-state index contributed by atoms with van der Waals surface area (Å²) in [6, 6.07) is 14.6. The number of amides is 1. The van der Waals surface area contributed by atoms with Gasteiger partial charge in [0.15, 0.2) is 0 Å². The highest BCUT2D eigenvalue weighted by molar-refractivity contribution is 5.92. The molecule has 1 heterocycles. The molecule has 2 aromatic carbocycles. The zero-order valence-corrected chi connectivity index (χ0v) is 17.2. The quantitative estimate of drug-likeness (QED) is 0.800. The Balaban J connectivity index is 1.47. The molecule has 0 aromatic heterocycles. The summed E-state index contributed by atoms with van der Waals surface area (Å²) in [4.78, 5) is 16.8. The Kier molecular flexibility index (Phi) is 7.20. The van der Waals surface area contributed by atoms with Crippen LogP contribution in [-0.4, -0.2) is 55.6 Å².